The van der Waals surface area contributed by atoms with Crippen LogP contribution in [0.4, 0.5) is 23.0 Å². The lowest BCUT2D eigenvalue weighted by molar-refractivity contribution is 0.102. The minimum atomic E-state index is -4.73. The van der Waals surface area contributed by atoms with Gasteiger partial charge >= 0.3 is 10.6 Å². The molecule has 0 atom stereocenters. The molecular formula is C33H20Cl2N6O9S2. The monoisotopic (exact) mass is 778 g/mol. The van der Waals surface area contributed by atoms with Gasteiger partial charge in [-0.15, -0.1) is 12.6 Å². The standard InChI is InChI=1S/C33H20Cl2N6O6S.O3S/c1-41-22-13-12-20(36-17-11-14-23(48(45,46)47)21(15-17)37-33-39-31(34)38-32(35)40-33)25-26(22)24(18-9-5-6-10-19(18)29(25)43)27(30(41)44)28(42)16-7-3-2-4-8-16;1-4(2)3/h2-15,36H,1H3,(H,45,46,47)(H,37,38,39,40);. The Morgan fingerprint density at radius 3 is 2.04 bits per heavy atom. The molecule has 0 unspecified atom stereocenters. The fourth-order valence-corrected chi connectivity index (χ4v) is 6.80. The lowest BCUT2D eigenvalue weighted by Gasteiger charge is -2.25. The molecule has 15 nitrogen and oxygen atoms in total. The Morgan fingerprint density at radius 2 is 1.40 bits per heavy atom. The maximum absolute atomic E-state index is 14.2. The van der Waals surface area contributed by atoms with E-state index in [1.165, 1.54) is 23.7 Å². The summed E-state index contributed by atoms with van der Waals surface area (Å²) in [5, 5.41) is 5.73. The van der Waals surface area contributed by atoms with Gasteiger partial charge in [-0.05, 0) is 59.1 Å². The molecule has 0 spiro atoms. The number of fused-ring (bicyclic) bond motifs is 2. The minimum Gasteiger partial charge on any atom is -0.355 e. The predicted molar refractivity (Wildman–Crippen MR) is 190 cm³/mol. The Labute approximate surface area is 304 Å². The molecule has 262 valence electrons. The number of aryl methyl sites for hydroxylation is 1. The van der Waals surface area contributed by atoms with Gasteiger partial charge in [0.15, 0.2) is 11.6 Å². The summed E-state index contributed by atoms with van der Waals surface area (Å²) in [4.78, 5) is 53.0. The number of halogens is 2. The van der Waals surface area contributed by atoms with Crippen molar-refractivity contribution in [2.75, 3.05) is 10.6 Å². The summed E-state index contributed by atoms with van der Waals surface area (Å²) in [5.41, 5.74) is 1.87. The van der Waals surface area contributed by atoms with Gasteiger partial charge in [0.25, 0.3) is 15.7 Å². The predicted octanol–water partition coefficient (Wildman–Crippen LogP) is 5.20. The number of rotatable bonds is 7. The van der Waals surface area contributed by atoms with Gasteiger partial charge in [0.05, 0.1) is 28.0 Å². The van der Waals surface area contributed by atoms with E-state index < -0.39 is 37.0 Å². The highest BCUT2D eigenvalue weighted by Gasteiger charge is 2.34. The molecule has 1 aliphatic carbocycles. The summed E-state index contributed by atoms with van der Waals surface area (Å²) in [6, 6.07) is 22.3. The summed E-state index contributed by atoms with van der Waals surface area (Å²) in [7, 11) is -6.31. The van der Waals surface area contributed by atoms with Crippen LogP contribution in [0.15, 0.2) is 94.6 Å². The molecule has 52 heavy (non-hydrogen) atoms. The van der Waals surface area contributed by atoms with Crippen LogP contribution in [-0.4, -0.2) is 56.7 Å². The van der Waals surface area contributed by atoms with Crippen LogP contribution in [0.25, 0.3) is 22.0 Å². The molecular weight excluding hydrogens is 759 g/mol. The number of ketones is 2. The molecule has 0 saturated heterocycles. The second-order valence-electron chi connectivity index (χ2n) is 10.9. The molecule has 2 aromatic heterocycles. The van der Waals surface area contributed by atoms with E-state index in [0.29, 0.717) is 38.8 Å². The number of carbonyl (C=O) groups is 2. The SMILES string of the molecule is Cn1c(=O)c(C(=O)c2ccccc2)c2c3c(c(Nc4ccc(S(=O)(=O)O)c(Nc5nc(Cl)nc(Cl)n5)c4)ccc31)C(=O)c1ccccc1-2.O=S(=O)=O. The largest absolute Gasteiger partial charge is 0.425 e. The molecule has 0 aliphatic heterocycles. The number of hydrogen-bond acceptors (Lipinski definition) is 13. The van der Waals surface area contributed by atoms with E-state index in [1.807, 2.05) is 0 Å². The van der Waals surface area contributed by atoms with E-state index >= 15 is 0 Å². The quantitative estimate of drug-likeness (QED) is 0.140. The lowest BCUT2D eigenvalue weighted by atomic mass is 9.80. The Balaban J connectivity index is 0.00000110. The molecule has 6 aromatic rings. The number of nitrogens with zero attached hydrogens (tertiary/aromatic N) is 4. The van der Waals surface area contributed by atoms with E-state index in [2.05, 4.69) is 25.6 Å². The third kappa shape index (κ3) is 6.90. The van der Waals surface area contributed by atoms with E-state index in [4.69, 9.17) is 35.8 Å². The zero-order valence-electron chi connectivity index (χ0n) is 26.2. The minimum absolute atomic E-state index is 0.0757. The molecule has 0 radical (unpaired) electrons. The van der Waals surface area contributed by atoms with E-state index in [9.17, 15) is 27.4 Å². The number of carbonyl (C=O) groups excluding carboxylic acids is 2. The van der Waals surface area contributed by atoms with Gasteiger partial charge in [0, 0.05) is 34.8 Å². The molecule has 7 rings (SSSR count). The van der Waals surface area contributed by atoms with Crippen LogP contribution in [0, 0.1) is 0 Å². The van der Waals surface area contributed by atoms with Gasteiger partial charge in [-0.2, -0.15) is 23.4 Å². The molecule has 0 amide bonds. The Hall–Kier alpha value is -5.85. The number of benzene rings is 4. The molecule has 1 aliphatic rings. The Bertz CT molecular complexity index is 2760. The van der Waals surface area contributed by atoms with Crippen LogP contribution in [0.2, 0.25) is 10.6 Å². The average Bonchev–Trinajstić information content (AvgIpc) is 3.08. The third-order valence-corrected chi connectivity index (χ3v) is 9.11. The molecule has 0 bridgehead atoms. The Morgan fingerprint density at radius 1 is 0.788 bits per heavy atom. The highest BCUT2D eigenvalue weighted by atomic mass is 35.5. The molecule has 0 saturated carbocycles. The molecule has 3 N–H and O–H groups in total. The van der Waals surface area contributed by atoms with Crippen LogP contribution < -0.4 is 16.2 Å². The number of hydrogen-bond donors (Lipinski definition) is 3. The van der Waals surface area contributed by atoms with Gasteiger partial charge in [-0.1, -0.05) is 54.6 Å². The smallest absolute Gasteiger partial charge is 0.355 e. The zero-order valence-corrected chi connectivity index (χ0v) is 29.3. The van der Waals surface area contributed by atoms with E-state index in [-0.39, 0.29) is 44.8 Å². The first-order valence-corrected chi connectivity index (χ1v) is 17.8. The van der Waals surface area contributed by atoms with Crippen molar-refractivity contribution in [3.63, 3.8) is 0 Å². The summed E-state index contributed by atoms with van der Waals surface area (Å²) in [5.74, 6) is -1.04. The number of aromatic nitrogens is 4. The topological polar surface area (TPSA) is 224 Å². The third-order valence-electron chi connectivity index (χ3n) is 7.86. The number of anilines is 4. The first-order valence-electron chi connectivity index (χ1n) is 14.6. The first-order chi connectivity index (χ1) is 24.6. The maximum Gasteiger partial charge on any atom is 0.425 e. The normalized spacial score (nSPS) is 11.7. The Kier molecular flexibility index (Phi) is 9.71. The highest BCUT2D eigenvalue weighted by Crippen LogP contribution is 2.44. The second-order valence-corrected chi connectivity index (χ2v) is 13.4. The van der Waals surface area contributed by atoms with E-state index in [1.54, 1.807) is 66.7 Å². The first kappa shape index (κ1) is 36.0. The van der Waals surface area contributed by atoms with Crippen LogP contribution >= 0.6 is 23.2 Å². The maximum atomic E-state index is 14.2. The summed E-state index contributed by atoms with van der Waals surface area (Å²) in [6.07, 6.45) is 0. The molecule has 2 heterocycles. The highest BCUT2D eigenvalue weighted by molar-refractivity contribution is 7.86. The zero-order chi connectivity index (χ0) is 37.5. The van der Waals surface area contributed by atoms with Crippen LogP contribution in [0.3, 0.4) is 0 Å². The second kappa shape index (κ2) is 14.0. The van der Waals surface area contributed by atoms with Crippen molar-refractivity contribution < 1.29 is 35.2 Å². The van der Waals surface area contributed by atoms with Crippen molar-refractivity contribution >= 4 is 89.4 Å². The van der Waals surface area contributed by atoms with Crippen molar-refractivity contribution in [2.24, 2.45) is 7.05 Å². The van der Waals surface area contributed by atoms with Gasteiger partial charge in [0.2, 0.25) is 16.5 Å². The van der Waals surface area contributed by atoms with Crippen LogP contribution in [0.5, 0.6) is 0 Å². The molecule has 19 heteroatoms. The number of nitrogens with one attached hydrogen (secondary N) is 2. The van der Waals surface area contributed by atoms with Crippen LogP contribution in [0.1, 0.15) is 31.8 Å². The summed E-state index contributed by atoms with van der Waals surface area (Å²) in [6.45, 7) is 0. The fourth-order valence-electron chi connectivity index (χ4n) is 5.81. The van der Waals surface area contributed by atoms with Gasteiger partial charge < -0.3 is 15.2 Å². The van der Waals surface area contributed by atoms with Gasteiger partial charge in [-0.25, -0.2) is 0 Å². The van der Waals surface area contributed by atoms with Crippen molar-refractivity contribution in [1.82, 2.24) is 19.5 Å². The summed E-state index contributed by atoms with van der Waals surface area (Å²) >= 11 is 11.8. The van der Waals surface area contributed by atoms with Crippen molar-refractivity contribution in [2.45, 2.75) is 4.90 Å². The van der Waals surface area contributed by atoms with Crippen LogP contribution in [-0.2, 0) is 27.8 Å². The molecule has 0 fully saturated rings. The molecule has 4 aromatic carbocycles. The van der Waals surface area contributed by atoms with Gasteiger partial charge in [-0.3, -0.25) is 18.9 Å². The van der Waals surface area contributed by atoms with Crippen molar-refractivity contribution in [3.8, 4) is 11.1 Å². The van der Waals surface area contributed by atoms with Crippen molar-refractivity contribution in [1.29, 1.82) is 0 Å². The summed E-state index contributed by atoms with van der Waals surface area (Å²) < 4.78 is 61.1. The van der Waals surface area contributed by atoms with Crippen molar-refractivity contribution in [3.05, 3.63) is 128 Å². The average molecular weight is 780 g/mol. The van der Waals surface area contributed by atoms with E-state index in [0.717, 1.165) is 6.07 Å². The fraction of sp³-hybridized carbons (Fsp3) is 0.0303. The lowest BCUT2D eigenvalue weighted by Crippen LogP contribution is -2.29. The number of pyridine rings is 1. The van der Waals surface area contributed by atoms with Gasteiger partial charge in [0.1, 0.15) is 4.90 Å².